The van der Waals surface area contributed by atoms with Crippen LogP contribution in [0.15, 0.2) is 60.7 Å². The van der Waals surface area contributed by atoms with Gasteiger partial charge in [0.05, 0.1) is 0 Å². The number of hydrogen-bond acceptors (Lipinski definition) is 2. The second kappa shape index (κ2) is 7.57. The topological polar surface area (TPSA) is 29.3 Å². The summed E-state index contributed by atoms with van der Waals surface area (Å²) in [7, 11) is 0. The third-order valence-electron chi connectivity index (χ3n) is 4.84. The summed E-state index contributed by atoms with van der Waals surface area (Å²) in [5.41, 5.74) is 8.92. The smallest absolute Gasteiger partial charge is 0.0233 e. The van der Waals surface area contributed by atoms with Crippen molar-refractivity contribution in [2.75, 3.05) is 19.6 Å². The van der Waals surface area contributed by atoms with Crippen molar-refractivity contribution >= 4 is 0 Å². The Labute approximate surface area is 134 Å². The Bertz CT molecular complexity index is 552. The first kappa shape index (κ1) is 15.3. The van der Waals surface area contributed by atoms with E-state index in [1.54, 1.807) is 0 Å². The van der Waals surface area contributed by atoms with Gasteiger partial charge in [0.15, 0.2) is 0 Å². The molecule has 1 heterocycles. The quantitative estimate of drug-likeness (QED) is 0.912. The zero-order valence-corrected chi connectivity index (χ0v) is 13.2. The van der Waals surface area contributed by atoms with Gasteiger partial charge >= 0.3 is 0 Å². The number of benzene rings is 2. The normalized spacial score (nSPS) is 20.7. The minimum atomic E-state index is 0.486. The molecule has 0 radical (unpaired) electrons. The van der Waals surface area contributed by atoms with Crippen LogP contribution in [0.5, 0.6) is 0 Å². The zero-order chi connectivity index (χ0) is 15.2. The number of hydrogen-bond donors (Lipinski definition) is 1. The Balaban J connectivity index is 1.67. The van der Waals surface area contributed by atoms with Crippen molar-refractivity contribution in [3.05, 3.63) is 71.8 Å². The molecule has 1 saturated heterocycles. The Hall–Kier alpha value is -1.64. The molecule has 1 aliphatic rings. The Morgan fingerprint density at radius 1 is 1.00 bits per heavy atom. The first-order valence-electron chi connectivity index (χ1n) is 8.38. The summed E-state index contributed by atoms with van der Waals surface area (Å²) >= 11 is 0. The molecule has 1 aliphatic heterocycles. The van der Waals surface area contributed by atoms with Gasteiger partial charge in [-0.15, -0.1) is 0 Å². The van der Waals surface area contributed by atoms with Crippen LogP contribution in [0.1, 0.15) is 29.9 Å². The maximum absolute atomic E-state index is 6.12. The molecule has 2 unspecified atom stereocenters. The molecule has 2 aromatic rings. The number of nitrogens with two attached hydrogens (primary N) is 1. The zero-order valence-electron chi connectivity index (χ0n) is 13.2. The predicted octanol–water partition coefficient (Wildman–Crippen LogP) is 3.64. The fraction of sp³-hybridized carbons (Fsp3) is 0.400. The van der Waals surface area contributed by atoms with Gasteiger partial charge in [-0.3, -0.25) is 4.90 Å². The molecule has 2 heteroatoms. The van der Waals surface area contributed by atoms with E-state index < -0.39 is 0 Å². The van der Waals surface area contributed by atoms with Crippen molar-refractivity contribution in [1.29, 1.82) is 0 Å². The van der Waals surface area contributed by atoms with Crippen molar-refractivity contribution in [3.8, 4) is 0 Å². The van der Waals surface area contributed by atoms with Crippen molar-refractivity contribution in [2.24, 2.45) is 11.7 Å². The molecule has 1 fully saturated rings. The summed E-state index contributed by atoms with van der Waals surface area (Å²) in [6.07, 6.45) is 2.57. The fourth-order valence-corrected chi connectivity index (χ4v) is 3.71. The molecule has 0 spiro atoms. The van der Waals surface area contributed by atoms with Gasteiger partial charge in [-0.2, -0.15) is 0 Å². The van der Waals surface area contributed by atoms with Crippen molar-refractivity contribution in [1.82, 2.24) is 4.90 Å². The van der Waals surface area contributed by atoms with E-state index in [9.17, 15) is 0 Å². The number of piperidine rings is 1. The second-order valence-electron chi connectivity index (χ2n) is 6.38. The lowest BCUT2D eigenvalue weighted by molar-refractivity contribution is 0.151. The van der Waals surface area contributed by atoms with E-state index in [1.165, 1.54) is 30.5 Å². The minimum Gasteiger partial charge on any atom is -0.330 e. The van der Waals surface area contributed by atoms with Crippen LogP contribution in [0.25, 0.3) is 0 Å². The third-order valence-corrected chi connectivity index (χ3v) is 4.84. The maximum atomic E-state index is 6.12. The summed E-state index contributed by atoms with van der Waals surface area (Å²) in [6.45, 7) is 4.17. The Morgan fingerprint density at radius 2 is 1.68 bits per heavy atom. The van der Waals surface area contributed by atoms with Crippen LogP contribution in [-0.2, 0) is 6.54 Å². The molecule has 116 valence electrons. The highest BCUT2D eigenvalue weighted by atomic mass is 15.1. The average Bonchev–Trinajstić information content (AvgIpc) is 2.58. The monoisotopic (exact) mass is 294 g/mol. The average molecular weight is 294 g/mol. The van der Waals surface area contributed by atoms with Crippen LogP contribution in [0, 0.1) is 5.92 Å². The Kier molecular flexibility index (Phi) is 5.25. The van der Waals surface area contributed by atoms with Gasteiger partial charge in [0.2, 0.25) is 0 Å². The van der Waals surface area contributed by atoms with Gasteiger partial charge in [0.1, 0.15) is 0 Å². The van der Waals surface area contributed by atoms with Gasteiger partial charge in [-0.25, -0.2) is 0 Å². The van der Waals surface area contributed by atoms with Crippen molar-refractivity contribution in [3.63, 3.8) is 0 Å². The molecule has 2 nitrogen and oxygen atoms in total. The van der Waals surface area contributed by atoms with E-state index in [4.69, 9.17) is 5.73 Å². The van der Waals surface area contributed by atoms with E-state index >= 15 is 0 Å². The van der Waals surface area contributed by atoms with E-state index in [-0.39, 0.29) is 0 Å². The summed E-state index contributed by atoms with van der Waals surface area (Å²) in [4.78, 5) is 2.59. The summed E-state index contributed by atoms with van der Waals surface area (Å²) < 4.78 is 0. The lowest BCUT2D eigenvalue weighted by atomic mass is 9.81. The van der Waals surface area contributed by atoms with Gasteiger partial charge in [0.25, 0.3) is 0 Å². The minimum absolute atomic E-state index is 0.486. The number of nitrogens with zero attached hydrogens (tertiary/aromatic N) is 1. The highest BCUT2D eigenvalue weighted by Gasteiger charge is 2.27. The second-order valence-corrected chi connectivity index (χ2v) is 6.38. The van der Waals surface area contributed by atoms with Gasteiger partial charge in [-0.1, -0.05) is 60.7 Å². The molecule has 2 atom stereocenters. The van der Waals surface area contributed by atoms with Crippen molar-refractivity contribution in [2.45, 2.75) is 25.3 Å². The lowest BCUT2D eigenvalue weighted by Crippen LogP contribution is -2.39. The maximum Gasteiger partial charge on any atom is 0.0233 e. The standard InChI is InChI=1S/C20H26N2/c21-14-20(18-10-5-2-6-11-18)19-12-7-13-22(16-19)15-17-8-3-1-4-9-17/h1-6,8-11,19-20H,7,12-16,21H2. The van der Waals surface area contributed by atoms with Crippen molar-refractivity contribution < 1.29 is 0 Å². The molecule has 0 saturated carbocycles. The first-order valence-corrected chi connectivity index (χ1v) is 8.38. The molecular formula is C20H26N2. The SMILES string of the molecule is NCC(c1ccccc1)C1CCCN(Cc2ccccc2)C1. The third kappa shape index (κ3) is 3.76. The predicted molar refractivity (Wildman–Crippen MR) is 92.7 cm³/mol. The van der Waals surface area contributed by atoms with Crippen LogP contribution >= 0.6 is 0 Å². The van der Waals surface area contributed by atoms with Crippen LogP contribution in [0.2, 0.25) is 0 Å². The molecule has 0 amide bonds. The van der Waals surface area contributed by atoms with Crippen LogP contribution in [-0.4, -0.2) is 24.5 Å². The largest absolute Gasteiger partial charge is 0.330 e. The van der Waals surface area contributed by atoms with E-state index in [0.29, 0.717) is 11.8 Å². The number of likely N-dealkylation sites (tertiary alicyclic amines) is 1. The molecule has 0 aromatic heterocycles. The first-order chi connectivity index (χ1) is 10.9. The van der Waals surface area contributed by atoms with Crippen LogP contribution in [0.4, 0.5) is 0 Å². The Morgan fingerprint density at radius 3 is 2.36 bits per heavy atom. The van der Waals surface area contributed by atoms with E-state index in [0.717, 1.165) is 19.6 Å². The number of rotatable bonds is 5. The van der Waals surface area contributed by atoms with Crippen LogP contribution < -0.4 is 5.73 Å². The summed E-state index contributed by atoms with van der Waals surface area (Å²) in [6, 6.07) is 21.6. The van der Waals surface area contributed by atoms with Gasteiger partial charge < -0.3 is 5.73 Å². The molecule has 2 N–H and O–H groups in total. The van der Waals surface area contributed by atoms with E-state index in [2.05, 4.69) is 65.6 Å². The van der Waals surface area contributed by atoms with Crippen LogP contribution in [0.3, 0.4) is 0 Å². The molecule has 0 bridgehead atoms. The fourth-order valence-electron chi connectivity index (χ4n) is 3.71. The molecule has 2 aromatic carbocycles. The molecule has 22 heavy (non-hydrogen) atoms. The highest BCUT2D eigenvalue weighted by Crippen LogP contribution is 2.31. The van der Waals surface area contributed by atoms with E-state index in [1.807, 2.05) is 0 Å². The summed E-state index contributed by atoms with van der Waals surface area (Å²) in [5.74, 6) is 1.16. The molecule has 0 aliphatic carbocycles. The van der Waals surface area contributed by atoms with Gasteiger partial charge in [-0.05, 0) is 43.0 Å². The summed E-state index contributed by atoms with van der Waals surface area (Å²) in [5, 5.41) is 0. The lowest BCUT2D eigenvalue weighted by Gasteiger charge is -2.37. The molecule has 3 rings (SSSR count). The highest BCUT2D eigenvalue weighted by molar-refractivity contribution is 5.21. The molecular weight excluding hydrogens is 268 g/mol. The van der Waals surface area contributed by atoms with Gasteiger partial charge in [0, 0.05) is 19.0 Å².